The van der Waals surface area contributed by atoms with Crippen LogP contribution in [0.3, 0.4) is 0 Å². The highest BCUT2D eigenvalue weighted by molar-refractivity contribution is 7.13. The second kappa shape index (κ2) is 10.6. The number of thiophene rings is 1. The van der Waals surface area contributed by atoms with E-state index in [1.165, 1.54) is 16.0 Å². The first-order valence-electron chi connectivity index (χ1n) is 11.7. The molecule has 0 aliphatic rings. The molecule has 0 bridgehead atoms. The minimum absolute atomic E-state index is 0.177. The highest BCUT2D eigenvalue weighted by Gasteiger charge is 2.18. The van der Waals surface area contributed by atoms with E-state index in [0.29, 0.717) is 34.9 Å². The zero-order chi connectivity index (χ0) is 25.8. The summed E-state index contributed by atoms with van der Waals surface area (Å²) in [6, 6.07) is 22.9. The molecule has 0 saturated heterocycles. The number of nitrogens with one attached hydrogen (secondary N) is 2. The van der Waals surface area contributed by atoms with E-state index in [9.17, 15) is 9.59 Å². The van der Waals surface area contributed by atoms with E-state index in [4.69, 9.17) is 4.74 Å². The molecule has 5 aromatic rings. The average molecular weight is 512 g/mol. The molecular weight excluding hydrogens is 486 g/mol. The van der Waals surface area contributed by atoms with Gasteiger partial charge < -0.3 is 10.1 Å². The van der Waals surface area contributed by atoms with Crippen molar-refractivity contribution in [2.75, 3.05) is 11.9 Å². The van der Waals surface area contributed by atoms with Crippen molar-refractivity contribution < 1.29 is 9.53 Å². The van der Waals surface area contributed by atoms with Crippen LogP contribution in [0.2, 0.25) is 0 Å². The third-order valence-electron chi connectivity index (χ3n) is 5.84. The molecule has 0 saturated carbocycles. The summed E-state index contributed by atoms with van der Waals surface area (Å²) in [6.07, 6.45) is 0.467. The monoisotopic (exact) mass is 511 g/mol. The maximum Gasteiger partial charge on any atom is 0.263 e. The second-order valence-electron chi connectivity index (χ2n) is 8.52. The lowest BCUT2D eigenvalue weighted by Gasteiger charge is -2.11. The molecule has 2 aromatic carbocycles. The number of H-pyrrole nitrogens is 1. The van der Waals surface area contributed by atoms with Gasteiger partial charge in [-0.05, 0) is 42.5 Å². The fourth-order valence-electron chi connectivity index (χ4n) is 3.92. The van der Waals surface area contributed by atoms with Crippen molar-refractivity contribution in [3.63, 3.8) is 0 Å². The molecule has 186 valence electrons. The standard InChI is InChI=1S/C28H25N5O3S/c1-18-9-6-7-12-23(18)36-17-26(34)30-25-16-22(24-13-8-14-37-24)32-33(25)28-29-19(2)21(27(35)31-28)15-20-10-4-3-5-11-20/h3-14,16H,15,17H2,1-2H3,(H,30,34)(H,29,31,35). The van der Waals surface area contributed by atoms with Crippen molar-refractivity contribution in [3.05, 3.63) is 111 Å². The third-order valence-corrected chi connectivity index (χ3v) is 6.73. The van der Waals surface area contributed by atoms with E-state index < -0.39 is 0 Å². The van der Waals surface area contributed by atoms with Crippen molar-refractivity contribution in [1.29, 1.82) is 0 Å². The van der Waals surface area contributed by atoms with Crippen LogP contribution in [-0.2, 0) is 11.2 Å². The number of carbonyl (C=O) groups excluding carboxylic acids is 1. The Hall–Kier alpha value is -4.50. The van der Waals surface area contributed by atoms with Crippen molar-refractivity contribution >= 4 is 23.1 Å². The van der Waals surface area contributed by atoms with Crippen LogP contribution < -0.4 is 15.6 Å². The summed E-state index contributed by atoms with van der Waals surface area (Å²) in [5, 5.41) is 9.45. The number of aryl methyl sites for hydroxylation is 2. The average Bonchev–Trinajstić information content (AvgIpc) is 3.57. The minimum Gasteiger partial charge on any atom is -0.483 e. The lowest BCUT2D eigenvalue weighted by atomic mass is 10.1. The number of aromatic amines is 1. The molecule has 3 aromatic heterocycles. The predicted molar refractivity (Wildman–Crippen MR) is 145 cm³/mol. The number of amides is 1. The minimum atomic E-state index is -0.359. The van der Waals surface area contributed by atoms with Crippen LogP contribution in [0.15, 0.2) is 83.0 Å². The Morgan fingerprint density at radius 2 is 1.84 bits per heavy atom. The molecule has 2 N–H and O–H groups in total. The topological polar surface area (TPSA) is 102 Å². The smallest absolute Gasteiger partial charge is 0.263 e. The van der Waals surface area contributed by atoms with Crippen molar-refractivity contribution in [2.24, 2.45) is 0 Å². The van der Waals surface area contributed by atoms with E-state index in [0.717, 1.165) is 16.0 Å². The molecule has 1 amide bonds. The number of ether oxygens (including phenoxy) is 1. The molecule has 0 aliphatic heterocycles. The summed E-state index contributed by atoms with van der Waals surface area (Å²) >= 11 is 1.53. The van der Waals surface area contributed by atoms with Crippen LogP contribution >= 0.6 is 11.3 Å². The lowest BCUT2D eigenvalue weighted by molar-refractivity contribution is -0.118. The van der Waals surface area contributed by atoms with Gasteiger partial charge in [-0.1, -0.05) is 54.6 Å². The Balaban J connectivity index is 1.44. The lowest BCUT2D eigenvalue weighted by Crippen LogP contribution is -2.24. The van der Waals surface area contributed by atoms with Gasteiger partial charge in [-0.2, -0.15) is 9.78 Å². The molecule has 0 radical (unpaired) electrons. The van der Waals surface area contributed by atoms with E-state index in [-0.39, 0.29) is 24.0 Å². The summed E-state index contributed by atoms with van der Waals surface area (Å²) in [5.41, 5.74) is 3.53. The zero-order valence-corrected chi connectivity index (χ0v) is 21.2. The molecule has 0 aliphatic carbocycles. The third kappa shape index (κ3) is 5.52. The maximum atomic E-state index is 13.1. The molecular formula is C28H25N5O3S. The van der Waals surface area contributed by atoms with Gasteiger partial charge in [0.15, 0.2) is 6.61 Å². The first-order valence-corrected chi connectivity index (χ1v) is 12.6. The van der Waals surface area contributed by atoms with Gasteiger partial charge in [0.25, 0.3) is 11.5 Å². The van der Waals surface area contributed by atoms with Crippen molar-refractivity contribution in [1.82, 2.24) is 19.7 Å². The highest BCUT2D eigenvalue weighted by Crippen LogP contribution is 2.27. The van der Waals surface area contributed by atoms with E-state index in [1.807, 2.05) is 79.0 Å². The summed E-state index contributed by atoms with van der Waals surface area (Å²) in [5.74, 6) is 0.875. The fraction of sp³-hybridized carbons (Fsp3) is 0.143. The van der Waals surface area contributed by atoms with E-state index >= 15 is 0 Å². The molecule has 0 spiro atoms. The molecule has 37 heavy (non-hydrogen) atoms. The quantitative estimate of drug-likeness (QED) is 0.308. The van der Waals surface area contributed by atoms with Crippen LogP contribution in [0.4, 0.5) is 5.82 Å². The van der Waals surface area contributed by atoms with Gasteiger partial charge in [0.1, 0.15) is 17.3 Å². The predicted octanol–water partition coefficient (Wildman–Crippen LogP) is 4.91. The Bertz CT molecular complexity index is 1590. The van der Waals surface area contributed by atoms with E-state index in [2.05, 4.69) is 20.4 Å². The summed E-state index contributed by atoms with van der Waals surface area (Å²) in [7, 11) is 0. The van der Waals surface area contributed by atoms with Gasteiger partial charge >= 0.3 is 0 Å². The van der Waals surface area contributed by atoms with E-state index in [1.54, 1.807) is 13.0 Å². The number of rotatable bonds is 8. The van der Waals surface area contributed by atoms with Crippen molar-refractivity contribution in [2.45, 2.75) is 20.3 Å². The van der Waals surface area contributed by atoms with Gasteiger partial charge in [-0.15, -0.1) is 11.3 Å². The number of hydrogen-bond donors (Lipinski definition) is 2. The molecule has 0 unspecified atom stereocenters. The number of aromatic nitrogens is 4. The van der Waals surface area contributed by atoms with Crippen molar-refractivity contribution in [3.8, 4) is 22.3 Å². The van der Waals surface area contributed by atoms with Crippen LogP contribution in [0.5, 0.6) is 5.75 Å². The van der Waals surface area contributed by atoms with Gasteiger partial charge in [-0.25, -0.2) is 4.98 Å². The molecule has 0 fully saturated rings. The zero-order valence-electron chi connectivity index (χ0n) is 20.4. The molecule has 9 heteroatoms. The highest BCUT2D eigenvalue weighted by atomic mass is 32.1. The van der Waals surface area contributed by atoms with Gasteiger partial charge in [0.05, 0.1) is 10.6 Å². The van der Waals surface area contributed by atoms with Crippen LogP contribution in [0, 0.1) is 13.8 Å². The number of hydrogen-bond acceptors (Lipinski definition) is 6. The molecule has 3 heterocycles. The number of carbonyl (C=O) groups is 1. The molecule has 5 rings (SSSR count). The van der Waals surface area contributed by atoms with Gasteiger partial charge in [0.2, 0.25) is 5.95 Å². The number of benzene rings is 2. The number of para-hydroxylation sites is 1. The Labute approximate surface area is 217 Å². The Morgan fingerprint density at radius 3 is 2.57 bits per heavy atom. The molecule has 8 nitrogen and oxygen atoms in total. The van der Waals surface area contributed by atoms with Gasteiger partial charge in [0, 0.05) is 18.1 Å². The van der Waals surface area contributed by atoms with Crippen LogP contribution in [0.25, 0.3) is 16.5 Å². The Kier molecular flexibility index (Phi) is 6.96. The first-order chi connectivity index (χ1) is 18.0. The van der Waals surface area contributed by atoms with Gasteiger partial charge in [-0.3, -0.25) is 14.6 Å². The van der Waals surface area contributed by atoms with Crippen LogP contribution in [0.1, 0.15) is 22.4 Å². The summed E-state index contributed by atoms with van der Waals surface area (Å²) in [4.78, 5) is 34.3. The fourth-order valence-corrected chi connectivity index (χ4v) is 4.60. The SMILES string of the molecule is Cc1ccccc1OCC(=O)Nc1cc(-c2cccs2)nn1-c1nc(C)c(Cc2ccccc2)c(=O)[nH]1. The largest absolute Gasteiger partial charge is 0.483 e. The Morgan fingerprint density at radius 1 is 1.05 bits per heavy atom. The normalized spacial score (nSPS) is 10.9. The second-order valence-corrected chi connectivity index (χ2v) is 9.47. The summed E-state index contributed by atoms with van der Waals surface area (Å²) in [6.45, 7) is 3.54. The first kappa shape index (κ1) is 24.2. The number of anilines is 1. The maximum absolute atomic E-state index is 13.1. The number of nitrogens with zero attached hydrogens (tertiary/aromatic N) is 3. The summed E-state index contributed by atoms with van der Waals surface area (Å²) < 4.78 is 7.14. The van der Waals surface area contributed by atoms with Crippen LogP contribution in [-0.4, -0.2) is 32.3 Å². The molecule has 0 atom stereocenters.